The summed E-state index contributed by atoms with van der Waals surface area (Å²) in [6.45, 7) is 23.1. The zero-order chi connectivity index (χ0) is 44.7. The van der Waals surface area contributed by atoms with Crippen LogP contribution in [0.4, 0.5) is 0 Å². The smallest absolute Gasteiger partial charge is 0.129 e. The van der Waals surface area contributed by atoms with Gasteiger partial charge in [0.05, 0.1) is 5.76 Å². The first kappa shape index (κ1) is 64.3. The Kier molecular flexibility index (Phi) is 66.4. The van der Waals surface area contributed by atoms with E-state index >= 15 is 0 Å². The van der Waals surface area contributed by atoms with Gasteiger partial charge in [0.2, 0.25) is 0 Å². The summed E-state index contributed by atoms with van der Waals surface area (Å²) in [6.07, 6.45) is 56.7. The molecule has 0 spiro atoms. The molecule has 1 atom stereocenters. The van der Waals surface area contributed by atoms with Crippen molar-refractivity contribution in [1.29, 1.82) is 0 Å². The maximum Gasteiger partial charge on any atom is 0.129 e. The Bertz CT molecular complexity index is 815. The average molecular weight is 833 g/mol. The van der Waals surface area contributed by atoms with Crippen LogP contribution in [0.5, 0.6) is 0 Å². The van der Waals surface area contributed by atoms with Crippen LogP contribution in [0.1, 0.15) is 287 Å². The first-order valence-corrected chi connectivity index (χ1v) is 26.5. The van der Waals surface area contributed by atoms with Crippen LogP contribution < -0.4 is 0 Å². The molecule has 0 amide bonds. The topological polar surface area (TPSA) is 29.5 Å². The maximum absolute atomic E-state index is 10.9. The largest absolute Gasteiger partial charge is 0.495 e. The molecule has 0 aromatic heterocycles. The Labute approximate surface area is 375 Å². The molecule has 0 aromatic carbocycles. The number of rotatable bonds is 42. The molecule has 0 aliphatic heterocycles. The molecule has 0 bridgehead atoms. The van der Waals surface area contributed by atoms with Crippen LogP contribution in [0, 0.1) is 5.92 Å². The van der Waals surface area contributed by atoms with E-state index in [4.69, 9.17) is 4.74 Å². The Balaban J connectivity index is -0.000000512. The number of carbonyl (C=O) groups is 1. The lowest BCUT2D eigenvalue weighted by atomic mass is 9.96. The second-order valence-electron chi connectivity index (χ2n) is 17.7. The minimum atomic E-state index is 0.337. The maximum atomic E-state index is 10.9. The highest BCUT2D eigenvalue weighted by Crippen LogP contribution is 2.19. The second kappa shape index (κ2) is 61.0. The Hall–Kier alpha value is -1.35. The van der Waals surface area contributed by atoms with Crippen LogP contribution in [0.15, 0.2) is 36.6 Å². The van der Waals surface area contributed by atoms with Gasteiger partial charge in [-0.05, 0) is 84.8 Å². The third-order valence-electron chi connectivity index (χ3n) is 11.0. The van der Waals surface area contributed by atoms with E-state index in [-0.39, 0.29) is 0 Å². The highest BCUT2D eigenvalue weighted by Gasteiger charge is 2.03. The number of Topliss-reactive ketones (excluding diaryl/α,β-unsaturated/α-hetero) is 1. The fraction of sp³-hybridized carbons (Fsp3) is 0.875. The van der Waals surface area contributed by atoms with Crippen LogP contribution in [-0.2, 0) is 9.53 Å². The molecule has 0 heterocycles. The van der Waals surface area contributed by atoms with Crippen molar-refractivity contribution in [3.8, 4) is 0 Å². The lowest BCUT2D eigenvalue weighted by Gasteiger charge is -2.11. The van der Waals surface area contributed by atoms with E-state index in [0.717, 1.165) is 30.9 Å². The molecule has 354 valence electrons. The number of hydrogen-bond donors (Lipinski definition) is 0. The molecule has 3 nitrogen and oxygen atoms in total. The van der Waals surface area contributed by atoms with E-state index in [1.807, 2.05) is 13.8 Å². The molecular weight excluding hydrogens is 719 g/mol. The predicted molar refractivity (Wildman–Crippen MR) is 272 cm³/mol. The first-order chi connectivity index (χ1) is 28.7. The number of ether oxygens (including phenoxy) is 1. The lowest BCUT2D eigenvalue weighted by Crippen LogP contribution is -2.12. The summed E-state index contributed by atoms with van der Waals surface area (Å²) in [5, 5.41) is 0. The fourth-order valence-electron chi connectivity index (χ4n) is 7.07. The predicted octanol–water partition coefficient (Wildman–Crippen LogP) is 19.5. The van der Waals surface area contributed by atoms with E-state index in [0.29, 0.717) is 12.4 Å². The van der Waals surface area contributed by atoms with Gasteiger partial charge >= 0.3 is 0 Å². The van der Waals surface area contributed by atoms with Crippen LogP contribution in [0.2, 0.25) is 0 Å². The summed E-state index contributed by atoms with van der Waals surface area (Å²) in [4.78, 5) is 13.2. The molecule has 0 saturated carbocycles. The summed E-state index contributed by atoms with van der Waals surface area (Å²) in [5.41, 5.74) is 0. The molecule has 0 radical (unpaired) electrons. The number of allylic oxidation sites excluding steroid dienone is 4. The van der Waals surface area contributed by atoms with Crippen molar-refractivity contribution >= 4 is 5.78 Å². The van der Waals surface area contributed by atoms with Crippen molar-refractivity contribution in [2.45, 2.75) is 287 Å². The van der Waals surface area contributed by atoms with E-state index in [1.165, 1.54) is 218 Å². The van der Waals surface area contributed by atoms with Crippen molar-refractivity contribution < 1.29 is 9.53 Å². The minimum Gasteiger partial charge on any atom is -0.495 e. The van der Waals surface area contributed by atoms with Gasteiger partial charge in [-0.25, -0.2) is 0 Å². The van der Waals surface area contributed by atoms with Crippen LogP contribution in [-0.4, -0.2) is 37.9 Å². The van der Waals surface area contributed by atoms with E-state index < -0.39 is 0 Å². The summed E-state index contributed by atoms with van der Waals surface area (Å²) < 4.78 is 5.77. The van der Waals surface area contributed by atoms with Crippen LogP contribution in [0.3, 0.4) is 0 Å². The lowest BCUT2D eigenvalue weighted by molar-refractivity contribution is -0.117. The number of unbranched alkanes of at least 4 members (excludes halogenated alkanes) is 26. The van der Waals surface area contributed by atoms with Crippen molar-refractivity contribution in [3.63, 3.8) is 0 Å². The zero-order valence-electron chi connectivity index (χ0n) is 42.7. The summed E-state index contributed by atoms with van der Waals surface area (Å²) >= 11 is 0. The summed E-state index contributed by atoms with van der Waals surface area (Å²) in [7, 11) is 4.24. The molecule has 59 heavy (non-hydrogen) atoms. The van der Waals surface area contributed by atoms with Gasteiger partial charge in [-0.2, -0.15) is 0 Å². The minimum absolute atomic E-state index is 0.337. The SMILES string of the molecule is C=C(CCCCCCCC(C)CCCCCCCC(C)=O)OC/C=C\CCCCCCCCCC.CC.CC/C=C\CCCCCCCCCC.CCCCCN(C)C. The molecule has 0 aliphatic rings. The summed E-state index contributed by atoms with van der Waals surface area (Å²) in [5.74, 6) is 2.16. The van der Waals surface area contributed by atoms with E-state index in [2.05, 4.69) is 84.5 Å². The van der Waals surface area contributed by atoms with Gasteiger partial charge in [0.15, 0.2) is 0 Å². The van der Waals surface area contributed by atoms with Gasteiger partial charge < -0.3 is 14.4 Å². The molecule has 0 aliphatic carbocycles. The van der Waals surface area contributed by atoms with Gasteiger partial charge in [-0.15, -0.1) is 0 Å². The molecule has 0 saturated heterocycles. The van der Waals surface area contributed by atoms with Gasteiger partial charge in [-0.3, -0.25) is 0 Å². The van der Waals surface area contributed by atoms with Gasteiger partial charge in [0.25, 0.3) is 0 Å². The molecule has 0 fully saturated rings. The second-order valence-corrected chi connectivity index (χ2v) is 17.7. The van der Waals surface area contributed by atoms with Gasteiger partial charge in [-0.1, -0.05) is 246 Å². The van der Waals surface area contributed by atoms with Crippen LogP contribution >= 0.6 is 0 Å². The highest BCUT2D eigenvalue weighted by atomic mass is 16.5. The third-order valence-corrected chi connectivity index (χ3v) is 11.0. The Morgan fingerprint density at radius 1 is 0.508 bits per heavy atom. The Morgan fingerprint density at radius 3 is 1.31 bits per heavy atom. The fourth-order valence-corrected chi connectivity index (χ4v) is 7.07. The van der Waals surface area contributed by atoms with E-state index in [1.54, 1.807) is 6.92 Å². The number of ketones is 1. The first-order valence-electron chi connectivity index (χ1n) is 26.5. The molecule has 3 heteroatoms. The molecule has 0 aromatic rings. The Morgan fingerprint density at radius 2 is 0.881 bits per heavy atom. The van der Waals surface area contributed by atoms with E-state index in [9.17, 15) is 4.79 Å². The van der Waals surface area contributed by atoms with Gasteiger partial charge in [0.1, 0.15) is 12.4 Å². The standard InChI is InChI=1S/C33H62O2.C14H28.C7H17N.C2H6/c1-5-6-7-8-9-10-11-12-13-20-25-30-35-33(4)29-24-19-15-17-22-27-31(2)26-21-16-14-18-23-28-32(3)34;1-3-5-7-9-11-13-14-12-10-8-6-4-2;1-4-5-6-7-8(2)3;1-2/h20,25,31H,4-19,21-24,26-30H2,1-3H3;5,7H,3-4,6,8-14H2,1-2H3;4-7H2,1-3H3;1-2H3/b25-20-;7-5-;;. The molecular formula is C56H113NO2. The van der Waals surface area contributed by atoms with Crippen molar-refractivity contribution in [2.75, 3.05) is 27.2 Å². The van der Waals surface area contributed by atoms with Crippen LogP contribution in [0.25, 0.3) is 0 Å². The molecule has 0 N–H and O–H groups in total. The van der Waals surface area contributed by atoms with Crippen molar-refractivity contribution in [2.24, 2.45) is 5.92 Å². The average Bonchev–Trinajstić information content (AvgIpc) is 3.22. The number of carbonyl (C=O) groups excluding carboxylic acids is 1. The number of hydrogen-bond acceptors (Lipinski definition) is 3. The van der Waals surface area contributed by atoms with Gasteiger partial charge in [0, 0.05) is 12.8 Å². The highest BCUT2D eigenvalue weighted by molar-refractivity contribution is 5.75. The third kappa shape index (κ3) is 71.5. The molecule has 0 rings (SSSR count). The van der Waals surface area contributed by atoms with Crippen molar-refractivity contribution in [1.82, 2.24) is 4.90 Å². The monoisotopic (exact) mass is 832 g/mol. The molecule has 1 unspecified atom stereocenters. The zero-order valence-corrected chi connectivity index (χ0v) is 42.7. The number of nitrogens with zero attached hydrogens (tertiary/aromatic N) is 1. The quantitative estimate of drug-likeness (QED) is 0.0349. The normalized spacial score (nSPS) is 11.5. The summed E-state index contributed by atoms with van der Waals surface area (Å²) in [6, 6.07) is 0. The van der Waals surface area contributed by atoms with Crippen molar-refractivity contribution in [3.05, 3.63) is 36.6 Å².